The number of amides is 2. The van der Waals surface area contributed by atoms with Crippen LogP contribution in [0.15, 0.2) is 23.1 Å². The molecule has 176 valence electrons. The first kappa shape index (κ1) is 23.3. The topological polar surface area (TPSA) is 105 Å². The molecular formula is C21H29N3O6S2. The number of benzene rings is 1. The molecule has 11 heteroatoms. The van der Waals surface area contributed by atoms with Crippen LogP contribution in [0.2, 0.25) is 0 Å². The van der Waals surface area contributed by atoms with Crippen molar-refractivity contribution in [3.63, 3.8) is 0 Å². The molecule has 3 aliphatic heterocycles. The number of fused-ring (bicyclic) bond motifs is 1. The van der Waals surface area contributed by atoms with Gasteiger partial charge in [0.05, 0.1) is 34.8 Å². The van der Waals surface area contributed by atoms with Crippen LogP contribution in [0, 0.1) is 0 Å². The summed E-state index contributed by atoms with van der Waals surface area (Å²) in [6, 6.07) is 3.89. The van der Waals surface area contributed by atoms with Crippen molar-refractivity contribution in [2.75, 3.05) is 37.4 Å². The van der Waals surface area contributed by atoms with Gasteiger partial charge in [-0.3, -0.25) is 9.59 Å². The third-order valence-electron chi connectivity index (χ3n) is 5.93. The molecular weight excluding hydrogens is 454 g/mol. The smallest absolute Gasteiger partial charge is 0.248 e. The van der Waals surface area contributed by atoms with Crippen molar-refractivity contribution < 1.29 is 27.5 Å². The first-order valence-electron chi connectivity index (χ1n) is 10.8. The number of nitrogens with one attached hydrogen (secondary N) is 1. The standard InChI is InChI=1S/C21H29N3O6S2/c1-14(2)30-18-5-4-15(32(27,28)23-8-10-29-11-9-23)12-16(18)22-20(26)17-13-31-21(3)7-6-19(25)24(17)21/h4-5,12,14,17H,6-11,13H2,1-3H3,(H,22,26). The van der Waals surface area contributed by atoms with E-state index in [-0.39, 0.29) is 46.5 Å². The molecule has 32 heavy (non-hydrogen) atoms. The molecule has 0 aromatic heterocycles. The maximum Gasteiger partial charge on any atom is 0.248 e. The summed E-state index contributed by atoms with van der Waals surface area (Å²) >= 11 is 1.61. The number of carbonyl (C=O) groups excluding carboxylic acids is 2. The minimum atomic E-state index is -3.74. The number of carbonyl (C=O) groups is 2. The van der Waals surface area contributed by atoms with Gasteiger partial charge in [-0.05, 0) is 45.4 Å². The Morgan fingerprint density at radius 2 is 2.03 bits per heavy atom. The SMILES string of the molecule is CC(C)Oc1ccc(S(=O)(=O)N2CCOCC2)cc1NC(=O)C1CSC2(C)CCC(=O)N12. The molecule has 1 aromatic carbocycles. The van der Waals surface area contributed by atoms with Crippen molar-refractivity contribution >= 4 is 39.3 Å². The number of sulfonamides is 1. The largest absolute Gasteiger partial charge is 0.489 e. The predicted octanol–water partition coefficient (Wildman–Crippen LogP) is 1.89. The summed E-state index contributed by atoms with van der Waals surface area (Å²) in [5.74, 6) is 0.515. The third kappa shape index (κ3) is 4.35. The van der Waals surface area contributed by atoms with Crippen LogP contribution in [0.4, 0.5) is 5.69 Å². The van der Waals surface area contributed by atoms with Crippen molar-refractivity contribution in [2.45, 2.75) is 55.5 Å². The molecule has 3 aliphatic rings. The molecule has 2 unspecified atom stereocenters. The molecule has 0 saturated carbocycles. The molecule has 3 fully saturated rings. The molecule has 2 amide bonds. The van der Waals surface area contributed by atoms with Gasteiger partial charge in [-0.2, -0.15) is 4.31 Å². The number of nitrogens with zero attached hydrogens (tertiary/aromatic N) is 2. The number of hydrogen-bond donors (Lipinski definition) is 1. The lowest BCUT2D eigenvalue weighted by Crippen LogP contribution is -2.48. The van der Waals surface area contributed by atoms with Crippen LogP contribution in [-0.4, -0.2) is 78.5 Å². The van der Waals surface area contributed by atoms with E-state index >= 15 is 0 Å². The quantitative estimate of drug-likeness (QED) is 0.659. The van der Waals surface area contributed by atoms with Gasteiger partial charge in [-0.1, -0.05) is 0 Å². The van der Waals surface area contributed by atoms with E-state index in [0.717, 1.165) is 6.42 Å². The molecule has 0 spiro atoms. The van der Waals surface area contributed by atoms with Crippen LogP contribution in [0.1, 0.15) is 33.6 Å². The molecule has 4 rings (SSSR count). The number of ether oxygens (including phenoxy) is 2. The molecule has 0 bridgehead atoms. The van der Waals surface area contributed by atoms with Gasteiger partial charge in [0.25, 0.3) is 0 Å². The second-order valence-corrected chi connectivity index (χ2v) is 12.0. The second-order valence-electron chi connectivity index (χ2n) is 8.60. The Morgan fingerprint density at radius 1 is 1.31 bits per heavy atom. The van der Waals surface area contributed by atoms with Gasteiger partial charge in [0, 0.05) is 25.3 Å². The van der Waals surface area contributed by atoms with Gasteiger partial charge >= 0.3 is 0 Å². The van der Waals surface area contributed by atoms with Gasteiger partial charge in [0.2, 0.25) is 21.8 Å². The van der Waals surface area contributed by atoms with Crippen molar-refractivity contribution in [1.82, 2.24) is 9.21 Å². The summed E-state index contributed by atoms with van der Waals surface area (Å²) in [7, 11) is -3.74. The van der Waals surface area contributed by atoms with E-state index in [2.05, 4.69) is 5.32 Å². The molecule has 2 atom stereocenters. The average Bonchev–Trinajstić information content (AvgIpc) is 3.25. The monoisotopic (exact) mass is 483 g/mol. The fraction of sp³-hybridized carbons (Fsp3) is 0.619. The highest BCUT2D eigenvalue weighted by Crippen LogP contribution is 2.47. The summed E-state index contributed by atoms with van der Waals surface area (Å²) in [5.41, 5.74) is 0.281. The maximum atomic E-state index is 13.2. The number of hydrogen-bond acceptors (Lipinski definition) is 7. The van der Waals surface area contributed by atoms with E-state index in [1.54, 1.807) is 22.7 Å². The molecule has 1 aromatic rings. The zero-order chi connectivity index (χ0) is 23.1. The van der Waals surface area contributed by atoms with E-state index in [1.807, 2.05) is 20.8 Å². The predicted molar refractivity (Wildman–Crippen MR) is 121 cm³/mol. The van der Waals surface area contributed by atoms with E-state index in [1.165, 1.54) is 16.4 Å². The molecule has 3 heterocycles. The van der Waals surface area contributed by atoms with Crippen LogP contribution in [0.3, 0.4) is 0 Å². The molecule has 0 radical (unpaired) electrons. The molecule has 3 saturated heterocycles. The van der Waals surface area contributed by atoms with Gasteiger partial charge in [-0.25, -0.2) is 8.42 Å². The Bertz CT molecular complexity index is 1010. The molecule has 9 nitrogen and oxygen atoms in total. The average molecular weight is 484 g/mol. The second kappa shape index (κ2) is 8.85. The highest BCUT2D eigenvalue weighted by molar-refractivity contribution is 8.01. The number of anilines is 1. The van der Waals surface area contributed by atoms with Crippen LogP contribution in [0.25, 0.3) is 0 Å². The minimum absolute atomic E-state index is 0.0278. The van der Waals surface area contributed by atoms with Gasteiger partial charge < -0.3 is 19.7 Å². The summed E-state index contributed by atoms with van der Waals surface area (Å²) < 4.78 is 38.7. The van der Waals surface area contributed by atoms with Crippen LogP contribution in [0.5, 0.6) is 5.75 Å². The first-order chi connectivity index (χ1) is 15.1. The lowest BCUT2D eigenvalue weighted by molar-refractivity contribution is -0.135. The Kier molecular flexibility index (Phi) is 6.45. The number of morpholine rings is 1. The Morgan fingerprint density at radius 3 is 2.72 bits per heavy atom. The van der Waals surface area contributed by atoms with Gasteiger partial charge in [0.1, 0.15) is 11.8 Å². The van der Waals surface area contributed by atoms with Crippen molar-refractivity contribution in [3.8, 4) is 5.75 Å². The highest BCUT2D eigenvalue weighted by Gasteiger charge is 2.53. The lowest BCUT2D eigenvalue weighted by Gasteiger charge is -2.30. The van der Waals surface area contributed by atoms with Crippen molar-refractivity contribution in [1.29, 1.82) is 0 Å². The van der Waals surface area contributed by atoms with Crippen LogP contribution < -0.4 is 10.1 Å². The van der Waals surface area contributed by atoms with E-state index in [4.69, 9.17) is 9.47 Å². The normalized spacial score (nSPS) is 26.4. The third-order valence-corrected chi connectivity index (χ3v) is 9.33. The first-order valence-corrected chi connectivity index (χ1v) is 13.2. The Hall–Kier alpha value is -1.82. The summed E-state index contributed by atoms with van der Waals surface area (Å²) in [5, 5.41) is 2.84. The van der Waals surface area contributed by atoms with Gasteiger partial charge in [-0.15, -0.1) is 11.8 Å². The van der Waals surface area contributed by atoms with E-state index in [0.29, 0.717) is 31.1 Å². The number of thioether (sulfide) groups is 1. The Labute approximate surface area is 192 Å². The fourth-order valence-corrected chi connectivity index (χ4v) is 7.16. The van der Waals surface area contributed by atoms with Crippen LogP contribution in [-0.2, 0) is 24.3 Å². The summed E-state index contributed by atoms with van der Waals surface area (Å²) in [4.78, 5) is 27.0. The fourth-order valence-electron chi connectivity index (χ4n) is 4.29. The Balaban J connectivity index is 1.62. The van der Waals surface area contributed by atoms with Crippen LogP contribution >= 0.6 is 11.8 Å². The zero-order valence-corrected chi connectivity index (χ0v) is 20.1. The number of rotatable bonds is 6. The minimum Gasteiger partial charge on any atom is -0.489 e. The lowest BCUT2D eigenvalue weighted by atomic mass is 10.2. The molecule has 1 N–H and O–H groups in total. The van der Waals surface area contributed by atoms with Gasteiger partial charge in [0.15, 0.2) is 0 Å². The molecule has 0 aliphatic carbocycles. The van der Waals surface area contributed by atoms with E-state index < -0.39 is 16.1 Å². The van der Waals surface area contributed by atoms with E-state index in [9.17, 15) is 18.0 Å². The summed E-state index contributed by atoms with van der Waals surface area (Å²) in [6.45, 7) is 6.95. The highest BCUT2D eigenvalue weighted by atomic mass is 32.2. The van der Waals surface area contributed by atoms with Crippen molar-refractivity contribution in [2.24, 2.45) is 0 Å². The zero-order valence-electron chi connectivity index (χ0n) is 18.5. The summed E-state index contributed by atoms with van der Waals surface area (Å²) in [6.07, 6.45) is 0.982. The maximum absolute atomic E-state index is 13.2. The van der Waals surface area contributed by atoms with Crippen molar-refractivity contribution in [3.05, 3.63) is 18.2 Å².